The van der Waals surface area contributed by atoms with Crippen LogP contribution in [0.4, 0.5) is 5.69 Å². The fraction of sp³-hybridized carbons (Fsp3) is 0.312. The van der Waals surface area contributed by atoms with Gasteiger partial charge in [-0.2, -0.15) is 0 Å². The van der Waals surface area contributed by atoms with Gasteiger partial charge in [0.05, 0.1) is 6.54 Å². The third-order valence-corrected chi connectivity index (χ3v) is 6.70. The smallest absolute Gasteiger partial charge is 0.250 e. The molecule has 1 aliphatic heterocycles. The number of hydrogen-bond acceptors (Lipinski definition) is 4. The Hall–Kier alpha value is -1.70. The number of nitrogens with zero attached hydrogens (tertiary/aromatic N) is 1. The summed E-state index contributed by atoms with van der Waals surface area (Å²) < 4.78 is 27.1. The second-order valence-electron chi connectivity index (χ2n) is 5.47. The predicted octanol–water partition coefficient (Wildman–Crippen LogP) is 2.31. The largest absolute Gasteiger partial charge is 0.311 e. The molecule has 2 aromatic rings. The molecule has 0 saturated heterocycles. The molecular formula is C16H18N2O3S2. The van der Waals surface area contributed by atoms with Gasteiger partial charge in [-0.1, -0.05) is 18.2 Å². The molecule has 0 saturated carbocycles. The molecule has 3 rings (SSSR count). The van der Waals surface area contributed by atoms with E-state index in [1.54, 1.807) is 17.0 Å². The monoisotopic (exact) mass is 350 g/mol. The second-order valence-corrected chi connectivity index (χ2v) is 8.75. The molecule has 0 unspecified atom stereocenters. The molecule has 1 amide bonds. The number of fused-ring (bicyclic) bond motifs is 1. The SMILES string of the molecule is Cc1ccc(S(=O)(=O)NCC(=O)N2CCCc3ccccc32)s1. The molecule has 1 aromatic heterocycles. The van der Waals surface area contributed by atoms with E-state index in [4.69, 9.17) is 0 Å². The number of benzene rings is 1. The van der Waals surface area contributed by atoms with Gasteiger partial charge in [-0.05, 0) is 43.5 Å². The van der Waals surface area contributed by atoms with Crippen LogP contribution in [0.2, 0.25) is 0 Å². The van der Waals surface area contributed by atoms with E-state index in [0.717, 1.165) is 29.0 Å². The first-order chi connectivity index (χ1) is 11.0. The van der Waals surface area contributed by atoms with Crippen molar-refractivity contribution in [2.45, 2.75) is 24.0 Å². The number of aryl methyl sites for hydroxylation is 2. The molecule has 0 bridgehead atoms. The average molecular weight is 350 g/mol. The van der Waals surface area contributed by atoms with Crippen molar-refractivity contribution in [3.05, 3.63) is 46.8 Å². The van der Waals surface area contributed by atoms with Crippen LogP contribution >= 0.6 is 11.3 Å². The Bertz CT molecular complexity index is 827. The van der Waals surface area contributed by atoms with Crippen LogP contribution in [0.5, 0.6) is 0 Å². The number of hydrogen-bond donors (Lipinski definition) is 1. The number of thiophene rings is 1. The molecule has 0 spiro atoms. The molecule has 2 heterocycles. The zero-order valence-corrected chi connectivity index (χ0v) is 14.4. The molecule has 0 fully saturated rings. The highest BCUT2D eigenvalue weighted by atomic mass is 32.2. The number of amides is 1. The fourth-order valence-corrected chi connectivity index (χ4v) is 4.97. The Balaban J connectivity index is 1.71. The first kappa shape index (κ1) is 16.2. The Morgan fingerprint density at radius 1 is 1.26 bits per heavy atom. The van der Waals surface area contributed by atoms with Gasteiger partial charge >= 0.3 is 0 Å². The maximum absolute atomic E-state index is 12.4. The van der Waals surface area contributed by atoms with Crippen LogP contribution in [-0.4, -0.2) is 27.4 Å². The van der Waals surface area contributed by atoms with Gasteiger partial charge in [-0.25, -0.2) is 13.1 Å². The van der Waals surface area contributed by atoms with E-state index >= 15 is 0 Å². The number of nitrogens with one attached hydrogen (secondary N) is 1. The number of carbonyl (C=O) groups excluding carboxylic acids is 1. The van der Waals surface area contributed by atoms with Gasteiger partial charge in [-0.3, -0.25) is 4.79 Å². The van der Waals surface area contributed by atoms with E-state index in [2.05, 4.69) is 4.72 Å². The first-order valence-corrected chi connectivity index (χ1v) is 9.72. The van der Waals surface area contributed by atoms with Gasteiger partial charge in [0.1, 0.15) is 4.21 Å². The van der Waals surface area contributed by atoms with E-state index < -0.39 is 10.0 Å². The molecular weight excluding hydrogens is 332 g/mol. The molecule has 0 radical (unpaired) electrons. The minimum Gasteiger partial charge on any atom is -0.311 e. The van der Waals surface area contributed by atoms with Crippen molar-refractivity contribution in [3.8, 4) is 0 Å². The summed E-state index contributed by atoms with van der Waals surface area (Å²) >= 11 is 1.20. The lowest BCUT2D eigenvalue weighted by molar-refractivity contribution is -0.117. The lowest BCUT2D eigenvalue weighted by atomic mass is 10.0. The van der Waals surface area contributed by atoms with E-state index in [0.29, 0.717) is 6.54 Å². The van der Waals surface area contributed by atoms with Crippen molar-refractivity contribution in [1.29, 1.82) is 0 Å². The van der Waals surface area contributed by atoms with Crippen molar-refractivity contribution in [2.75, 3.05) is 18.0 Å². The molecule has 5 nitrogen and oxygen atoms in total. The highest BCUT2D eigenvalue weighted by Crippen LogP contribution is 2.26. The minimum absolute atomic E-state index is 0.228. The summed E-state index contributed by atoms with van der Waals surface area (Å²) in [5.41, 5.74) is 2.01. The van der Waals surface area contributed by atoms with Crippen LogP contribution < -0.4 is 9.62 Å². The summed E-state index contributed by atoms with van der Waals surface area (Å²) in [5, 5.41) is 0. The van der Waals surface area contributed by atoms with Gasteiger partial charge in [-0.15, -0.1) is 11.3 Å². The third kappa shape index (κ3) is 3.46. The second kappa shape index (κ2) is 6.43. The molecule has 23 heavy (non-hydrogen) atoms. The lowest BCUT2D eigenvalue weighted by Gasteiger charge is -2.29. The van der Waals surface area contributed by atoms with Gasteiger partial charge in [0.25, 0.3) is 10.0 Å². The quantitative estimate of drug-likeness (QED) is 0.920. The Morgan fingerprint density at radius 3 is 2.78 bits per heavy atom. The average Bonchev–Trinajstić information content (AvgIpc) is 2.99. The van der Waals surface area contributed by atoms with E-state index in [-0.39, 0.29) is 16.7 Å². The highest BCUT2D eigenvalue weighted by molar-refractivity contribution is 7.91. The number of rotatable bonds is 4. The van der Waals surface area contributed by atoms with Crippen LogP contribution in [0.15, 0.2) is 40.6 Å². The maximum Gasteiger partial charge on any atom is 0.250 e. The summed E-state index contributed by atoms with van der Waals surface area (Å²) in [6.45, 7) is 2.24. The molecule has 7 heteroatoms. The Morgan fingerprint density at radius 2 is 2.04 bits per heavy atom. The first-order valence-electron chi connectivity index (χ1n) is 7.42. The predicted molar refractivity (Wildman–Crippen MR) is 91.4 cm³/mol. The van der Waals surface area contributed by atoms with Crippen molar-refractivity contribution in [3.63, 3.8) is 0 Å². The Kier molecular flexibility index (Phi) is 4.52. The summed E-state index contributed by atoms with van der Waals surface area (Å²) in [7, 11) is -3.63. The minimum atomic E-state index is -3.63. The maximum atomic E-state index is 12.4. The molecule has 1 aromatic carbocycles. The molecule has 122 valence electrons. The zero-order valence-electron chi connectivity index (χ0n) is 12.8. The van der Waals surface area contributed by atoms with Crippen LogP contribution in [0.25, 0.3) is 0 Å². The van der Waals surface area contributed by atoms with Crippen LogP contribution in [0, 0.1) is 6.92 Å². The van der Waals surface area contributed by atoms with Crippen molar-refractivity contribution in [1.82, 2.24) is 4.72 Å². The van der Waals surface area contributed by atoms with Gasteiger partial charge in [0.15, 0.2) is 0 Å². The van der Waals surface area contributed by atoms with E-state index in [9.17, 15) is 13.2 Å². The Labute approximate surface area is 140 Å². The zero-order chi connectivity index (χ0) is 16.4. The van der Waals surface area contributed by atoms with Gasteiger partial charge in [0, 0.05) is 17.1 Å². The standard InChI is InChI=1S/C16H18N2O3S2/c1-12-8-9-16(22-12)23(20,21)17-11-15(19)18-10-4-6-13-5-2-3-7-14(13)18/h2-3,5,7-9,17H,4,6,10-11H2,1H3. The lowest BCUT2D eigenvalue weighted by Crippen LogP contribution is -2.42. The molecule has 1 aliphatic rings. The van der Waals surface area contributed by atoms with E-state index in [1.807, 2.05) is 31.2 Å². The summed E-state index contributed by atoms with van der Waals surface area (Å²) in [4.78, 5) is 15.0. The van der Waals surface area contributed by atoms with Crippen LogP contribution in [0.3, 0.4) is 0 Å². The van der Waals surface area contributed by atoms with Crippen LogP contribution in [-0.2, 0) is 21.2 Å². The summed E-state index contributed by atoms with van der Waals surface area (Å²) in [6, 6.07) is 11.1. The topological polar surface area (TPSA) is 66.5 Å². The van der Waals surface area contributed by atoms with Crippen LogP contribution in [0.1, 0.15) is 16.9 Å². The number of carbonyl (C=O) groups is 1. The number of sulfonamides is 1. The van der Waals surface area contributed by atoms with Gasteiger partial charge in [0.2, 0.25) is 5.91 Å². The molecule has 0 aliphatic carbocycles. The number of para-hydroxylation sites is 1. The van der Waals surface area contributed by atoms with Crippen molar-refractivity contribution in [2.24, 2.45) is 0 Å². The molecule has 1 N–H and O–H groups in total. The highest BCUT2D eigenvalue weighted by Gasteiger charge is 2.24. The third-order valence-electron chi connectivity index (χ3n) is 3.81. The van der Waals surface area contributed by atoms with Gasteiger partial charge < -0.3 is 4.90 Å². The number of anilines is 1. The summed E-state index contributed by atoms with van der Waals surface area (Å²) in [6.07, 6.45) is 1.83. The fourth-order valence-electron chi connectivity index (χ4n) is 2.67. The summed E-state index contributed by atoms with van der Waals surface area (Å²) in [5.74, 6) is -0.228. The normalized spacial score (nSPS) is 14.6. The molecule has 0 atom stereocenters. The van der Waals surface area contributed by atoms with Crippen molar-refractivity contribution < 1.29 is 13.2 Å². The van der Waals surface area contributed by atoms with Crippen molar-refractivity contribution >= 4 is 33.0 Å². The van der Waals surface area contributed by atoms with E-state index in [1.165, 1.54) is 11.3 Å².